The molecule has 0 atom stereocenters. The summed E-state index contributed by atoms with van der Waals surface area (Å²) in [4.78, 5) is 142. The molecule has 14 N–H and O–H groups in total. The Balaban J connectivity index is -0.000000319. The molecule has 7 heterocycles. The number of para-hydroxylation sites is 2. The predicted molar refractivity (Wildman–Crippen MR) is 518 cm³/mol. The average molecular weight is 2180 g/mol. The number of ether oxygens (including phenoxy) is 6. The van der Waals surface area contributed by atoms with Crippen LogP contribution in [-0.4, -0.2) is 180 Å². The number of hydrogen-bond donors (Lipinski definition) is 8. The minimum Gasteiger partial charge on any atom is -0.870 e. The van der Waals surface area contributed by atoms with Crippen LogP contribution in [0.25, 0.3) is 0 Å². The topological polar surface area (TPSA) is 528 Å². The number of aryl methyl sites for hydroxylation is 3. The third kappa shape index (κ3) is 61.4. The van der Waals surface area contributed by atoms with Crippen LogP contribution < -0.4 is 58.2 Å². The number of benzene rings is 3. The van der Waals surface area contributed by atoms with Gasteiger partial charge in [-0.15, -0.1) is 0 Å². The fourth-order valence-corrected chi connectivity index (χ4v) is 12.9. The largest absolute Gasteiger partial charge is 1.00 e. The molecule has 126 heavy (non-hydrogen) atoms. The van der Waals surface area contributed by atoms with Crippen LogP contribution in [0, 0.1) is 20.8 Å². The van der Waals surface area contributed by atoms with Gasteiger partial charge in [-0.1, -0.05) is 186 Å². The molecule has 0 saturated carbocycles. The molecule has 3 amide bonds. The molecule has 1 fully saturated rings. The van der Waals surface area contributed by atoms with Crippen LogP contribution in [-0.2, 0) is 58.8 Å². The molecule has 3 aromatic carbocycles. The van der Waals surface area contributed by atoms with Crippen molar-refractivity contribution in [2.45, 2.75) is 80.6 Å². The van der Waals surface area contributed by atoms with E-state index in [0.717, 1.165) is 109 Å². The Morgan fingerprint density at radius 3 is 1.34 bits per heavy atom. The number of aromatic nitrogens is 6. The first-order valence-electron chi connectivity index (χ1n) is 34.2. The van der Waals surface area contributed by atoms with Gasteiger partial charge in [0.15, 0.2) is 39.0 Å². The third-order valence-corrected chi connectivity index (χ3v) is 21.2. The number of halogens is 11. The van der Waals surface area contributed by atoms with Gasteiger partial charge in [-0.3, -0.25) is 33.6 Å². The standard InChI is InChI=1S/C15H18ClN3O2S.C12H9Cl2NOS.C7H8ClN.C7H12O3.C6H6ClNO2S.C6H8N2O2S.C4H4BrNO2.C4HCl2NOS.C4H2ClNO2S.C4H11NO.C2Cl2O2.CH4N2S.Li.H2O.2H2S/c1-10-5-3-6-11(16)13(10)19-14(20)12-9-18-15(22-12)17-7-4-8-21-2;1-7-3-2-4-9(13)8(7)5-10(16)11-6-15-12(14)17-11;1-5-3-2-4-6(8)7(5)9;1-3-9-6-5-7(8)10-4-2;2*1-2-10-5(9)4-3-8-6(7)11-4;5-6-3(7)1-2-4(6)8;5-3(8)2-1-7-4(6)9-2;5-4-6-1-2(9-4)3(7)8;1-6-4-2-3-5;3-1(5)2(4)6;2-1(3)4;;;;/h3,5-6,9H,4,7-8H2,1-2H3,(H,17,18)(H,19,20);2-4,6H,5H2,1H3;2-4H,9H2,1H3;5-6H,3-4H2,1-2H3;3H,2H2,1H3;3H,2H2,1H3,(H2,7,8);1-2H2;1H;1H,(H,7,8);2-5H2,1H3;;(H4,2,3,4);;3*1H2/q;;;;;;;;;;;;+1;;;/p-1/b;;;6-5+;;;;;;;;;;;;. The number of esters is 3. The maximum atomic E-state index is 12.3. The molecule has 692 valence electrons. The number of methoxy groups -OCH3 is 2. The second-order valence-electron chi connectivity index (χ2n) is 21.4. The number of carbonyl (C=O) groups excluding carboxylic acids is 10. The summed E-state index contributed by atoms with van der Waals surface area (Å²) in [5.74, 6) is -2.58. The van der Waals surface area contributed by atoms with Gasteiger partial charge in [-0.2, -0.15) is 27.0 Å². The number of imide groups is 1. The number of aromatic carboxylic acids is 1. The Morgan fingerprint density at radius 1 is 0.571 bits per heavy atom. The first-order chi connectivity index (χ1) is 57.6. The normalized spacial score (nSPS) is 10.0. The van der Waals surface area contributed by atoms with Gasteiger partial charge in [0, 0.05) is 58.3 Å². The van der Waals surface area contributed by atoms with E-state index < -0.39 is 21.7 Å². The van der Waals surface area contributed by atoms with Crippen LogP contribution in [0.15, 0.2) is 104 Å². The molecule has 10 rings (SSSR count). The van der Waals surface area contributed by atoms with Gasteiger partial charge in [-0.25, -0.2) is 53.0 Å². The Hall–Kier alpha value is -6.24. The summed E-state index contributed by atoms with van der Waals surface area (Å²) < 4.78 is 30.8. The van der Waals surface area contributed by atoms with Gasteiger partial charge < -0.3 is 78.3 Å². The fraction of sp³-hybridized carbons (Fsp3) is 0.306. The number of hydrogen-bond acceptors (Lipinski definition) is 35. The number of amides is 3. The van der Waals surface area contributed by atoms with Crippen molar-refractivity contribution in [1.82, 2.24) is 33.8 Å². The van der Waals surface area contributed by atoms with E-state index in [-0.39, 0.29) is 114 Å². The number of nitrogens with zero attached hydrogens (tertiary/aromatic N) is 7. The van der Waals surface area contributed by atoms with Crippen molar-refractivity contribution in [3.05, 3.63) is 189 Å². The Bertz CT molecular complexity index is 4590. The van der Waals surface area contributed by atoms with E-state index in [9.17, 15) is 52.7 Å². The molecule has 1 aliphatic rings. The maximum Gasteiger partial charge on any atom is 1.00 e. The van der Waals surface area contributed by atoms with Crippen molar-refractivity contribution >= 4 is 329 Å². The number of ketones is 1. The Morgan fingerprint density at radius 2 is 0.992 bits per heavy atom. The van der Waals surface area contributed by atoms with E-state index >= 15 is 0 Å². The van der Waals surface area contributed by atoms with Crippen LogP contribution >= 0.6 is 239 Å². The molecule has 33 nitrogen and oxygen atoms in total. The van der Waals surface area contributed by atoms with Crippen molar-refractivity contribution in [3.63, 3.8) is 0 Å². The number of nitrogen functional groups attached to an aromatic ring is 2. The van der Waals surface area contributed by atoms with E-state index in [1.54, 1.807) is 59.4 Å². The Labute approximate surface area is 840 Å². The number of anilines is 4. The minimum atomic E-state index is -1.14. The first-order valence-corrected chi connectivity index (χ1v) is 44.0. The number of Topliss-reactive ketones (excluding diaryl/α,β-unsaturated/α-hetero) is 1. The van der Waals surface area contributed by atoms with Crippen molar-refractivity contribution < 1.29 is 111 Å². The molecule has 54 heteroatoms. The van der Waals surface area contributed by atoms with Crippen LogP contribution in [0.2, 0.25) is 32.9 Å². The van der Waals surface area contributed by atoms with Gasteiger partial charge in [0.2, 0.25) is 11.8 Å². The van der Waals surface area contributed by atoms with E-state index in [2.05, 4.69) is 108 Å². The zero-order chi connectivity index (χ0) is 93.0. The summed E-state index contributed by atoms with van der Waals surface area (Å²) in [6.07, 6.45) is 13.9. The predicted octanol–water partition coefficient (Wildman–Crippen LogP) is 15.1. The average Bonchev–Trinajstić information content (AvgIpc) is 1.46. The van der Waals surface area contributed by atoms with Gasteiger partial charge in [0.25, 0.3) is 11.1 Å². The smallest absolute Gasteiger partial charge is 0.870 e. The van der Waals surface area contributed by atoms with Crippen molar-refractivity contribution in [3.8, 4) is 0 Å². The monoisotopic (exact) mass is 2180 g/mol. The van der Waals surface area contributed by atoms with Gasteiger partial charge in [-0.05, 0) is 155 Å². The summed E-state index contributed by atoms with van der Waals surface area (Å²) in [5, 5.41) is 14.4. The van der Waals surface area contributed by atoms with Crippen LogP contribution in [0.5, 0.6) is 0 Å². The number of thiocarbonyl (C=S) groups is 1. The van der Waals surface area contributed by atoms with E-state index in [1.807, 2.05) is 64.1 Å². The third-order valence-electron chi connectivity index (χ3n) is 12.5. The van der Waals surface area contributed by atoms with Crippen molar-refractivity contribution in [2.24, 2.45) is 17.2 Å². The number of carboxylic acid groups (broad SMARTS) is 1. The van der Waals surface area contributed by atoms with Crippen LogP contribution in [0.3, 0.4) is 0 Å². The summed E-state index contributed by atoms with van der Waals surface area (Å²) in [7, 11) is 3.35. The zero-order valence-corrected chi connectivity index (χ0v) is 85.2. The maximum absolute atomic E-state index is 12.3. The molecule has 1 saturated heterocycles. The molecule has 0 radical (unpaired) electrons. The minimum absolute atomic E-state index is 0. The first kappa shape index (κ1) is 131. The molecule has 9 aromatic rings. The van der Waals surface area contributed by atoms with Gasteiger partial charge in [0.1, 0.15) is 24.4 Å². The molecule has 0 spiro atoms. The molecule has 0 bridgehead atoms. The Kier molecular flexibility index (Phi) is 80.3. The number of thiazole rings is 6. The van der Waals surface area contributed by atoms with Gasteiger partial charge >= 0.3 is 53.2 Å². The van der Waals surface area contributed by atoms with E-state index in [0.29, 0.717) is 115 Å². The number of carbonyl (C=O) groups is 11. The number of carboxylic acids is 1. The SMILES string of the molecule is CCO/C=C/C(=O)OCC.CCOC(=O)c1cnc(Cl)s1.CCOC(=O)c1cnc(N)s1.COCCCN.COCCCNc1ncc(C(=O)Nc2c(C)cccc2Cl)s1.Cc1cccc(Cl)c1CC(=O)c1cnc(Cl)s1.Cc1cccc(Cl)c1N.NC(N)=S.O=C(Cl)C(=O)Cl.O=C(Cl)c1cnc(Cl)s1.O=C(O)c1cnc(Cl)s1.O=C1CCC(=O)N1Br.S.S.[Li+].[OH-]. The molecular formula is C72H88BrCl10LiN14O19S9. The fourth-order valence-electron chi connectivity index (χ4n) is 7.00. The second-order valence-corrected chi connectivity index (χ2v) is 33.4. The van der Waals surface area contributed by atoms with E-state index in [1.165, 1.54) is 66.0 Å². The zero-order valence-electron chi connectivity index (χ0n) is 68.4. The van der Waals surface area contributed by atoms with Crippen LogP contribution in [0.4, 0.5) is 21.6 Å². The summed E-state index contributed by atoms with van der Waals surface area (Å²) >= 11 is 67.6. The van der Waals surface area contributed by atoms with Gasteiger partial charge in [0.05, 0.1) is 118 Å². The number of nitrogens with one attached hydrogen (secondary N) is 2. The molecular weight excluding hydrogens is 2090 g/mol. The summed E-state index contributed by atoms with van der Waals surface area (Å²) in [5.41, 5.74) is 30.4. The number of rotatable bonds is 24. The van der Waals surface area contributed by atoms with E-state index in [4.69, 9.17) is 139 Å². The molecule has 0 unspecified atom stereocenters. The molecule has 0 aliphatic carbocycles. The summed E-state index contributed by atoms with van der Waals surface area (Å²) in [6, 6.07) is 16.7. The quantitative estimate of drug-likeness (QED) is 0.00222. The molecule has 6 aromatic heterocycles. The summed E-state index contributed by atoms with van der Waals surface area (Å²) in [6.45, 7) is 17.5. The number of nitrogens with two attached hydrogens (primary N) is 5. The van der Waals surface area contributed by atoms with Crippen molar-refractivity contribution in [1.29, 1.82) is 0 Å². The van der Waals surface area contributed by atoms with Crippen molar-refractivity contribution in [2.75, 3.05) is 89.1 Å². The second kappa shape index (κ2) is 77.5. The molecule has 1 aliphatic heterocycles. The van der Waals surface area contributed by atoms with Crippen LogP contribution in [0.1, 0.15) is 134 Å².